The maximum Gasteiger partial charge on any atom is 0.161 e. The average molecular weight is 269 g/mol. The molecule has 0 unspecified atom stereocenters. The minimum absolute atomic E-state index is 0.0820. The van der Waals surface area contributed by atoms with Crippen LogP contribution in [-0.4, -0.2) is 31.2 Å². The highest BCUT2D eigenvalue weighted by Crippen LogP contribution is 2.30. The van der Waals surface area contributed by atoms with Gasteiger partial charge in [-0.05, 0) is 24.7 Å². The van der Waals surface area contributed by atoms with Crippen LogP contribution in [0.25, 0.3) is 0 Å². The van der Waals surface area contributed by atoms with Crippen molar-refractivity contribution in [3.63, 3.8) is 0 Å². The topological polar surface area (TPSA) is 21.7 Å². The third-order valence-electron chi connectivity index (χ3n) is 3.38. The van der Waals surface area contributed by atoms with Crippen LogP contribution < -0.4 is 9.47 Å². The van der Waals surface area contributed by atoms with Crippen molar-refractivity contribution in [1.29, 1.82) is 0 Å². The van der Waals surface area contributed by atoms with Crippen LogP contribution in [0.3, 0.4) is 0 Å². The fourth-order valence-electron chi connectivity index (χ4n) is 2.46. The molecule has 1 aliphatic rings. The molecule has 3 nitrogen and oxygen atoms in total. The van der Waals surface area contributed by atoms with E-state index in [0.717, 1.165) is 24.6 Å². The molecule has 104 valence electrons. The molecule has 3 rings (SSSR count). The van der Waals surface area contributed by atoms with Crippen molar-refractivity contribution in [3.05, 3.63) is 60.2 Å². The lowest BCUT2D eigenvalue weighted by molar-refractivity contribution is 0.0638. The van der Waals surface area contributed by atoms with Gasteiger partial charge in [-0.3, -0.25) is 4.90 Å². The highest BCUT2D eigenvalue weighted by atomic mass is 16.6. The zero-order chi connectivity index (χ0) is 13.8. The molecule has 3 heteroatoms. The van der Waals surface area contributed by atoms with E-state index in [1.54, 1.807) is 0 Å². The number of fused-ring (bicyclic) bond motifs is 1. The van der Waals surface area contributed by atoms with Gasteiger partial charge in [-0.25, -0.2) is 0 Å². The monoisotopic (exact) mass is 269 g/mol. The summed E-state index contributed by atoms with van der Waals surface area (Å²) < 4.78 is 11.7. The highest BCUT2D eigenvalue weighted by molar-refractivity contribution is 5.40. The number of nitrogens with zero attached hydrogens (tertiary/aromatic N) is 1. The molecule has 0 spiro atoms. The first kappa shape index (κ1) is 13.0. The first-order valence-electron chi connectivity index (χ1n) is 6.92. The molecule has 20 heavy (non-hydrogen) atoms. The Kier molecular flexibility index (Phi) is 3.88. The van der Waals surface area contributed by atoms with Gasteiger partial charge in [0, 0.05) is 13.1 Å². The largest absolute Gasteiger partial charge is 0.486 e. The summed E-state index contributed by atoms with van der Waals surface area (Å²) in [4.78, 5) is 2.26. The van der Waals surface area contributed by atoms with E-state index < -0.39 is 0 Å². The lowest BCUT2D eigenvalue weighted by Crippen LogP contribution is -2.39. The van der Waals surface area contributed by atoms with Gasteiger partial charge < -0.3 is 9.47 Å². The molecule has 1 aliphatic heterocycles. The third kappa shape index (κ3) is 3.11. The van der Waals surface area contributed by atoms with Crippen LogP contribution >= 0.6 is 0 Å². The van der Waals surface area contributed by atoms with Gasteiger partial charge in [-0.15, -0.1) is 0 Å². The molecule has 1 atom stereocenters. The van der Waals surface area contributed by atoms with Gasteiger partial charge in [0.15, 0.2) is 11.5 Å². The van der Waals surface area contributed by atoms with Gasteiger partial charge >= 0.3 is 0 Å². The van der Waals surface area contributed by atoms with E-state index in [4.69, 9.17) is 9.47 Å². The second-order valence-corrected chi connectivity index (χ2v) is 5.18. The van der Waals surface area contributed by atoms with Gasteiger partial charge in [0.2, 0.25) is 0 Å². The van der Waals surface area contributed by atoms with Crippen molar-refractivity contribution >= 4 is 0 Å². The molecule has 2 aromatic carbocycles. The van der Waals surface area contributed by atoms with Crippen LogP contribution in [0.5, 0.6) is 11.5 Å². The van der Waals surface area contributed by atoms with E-state index in [9.17, 15) is 0 Å². The zero-order valence-corrected chi connectivity index (χ0v) is 11.7. The number of para-hydroxylation sites is 2. The summed E-state index contributed by atoms with van der Waals surface area (Å²) in [5, 5.41) is 0. The molecule has 0 saturated heterocycles. The van der Waals surface area contributed by atoms with Crippen molar-refractivity contribution in [2.24, 2.45) is 0 Å². The number of ether oxygens (including phenoxy) is 2. The van der Waals surface area contributed by atoms with Crippen molar-refractivity contribution < 1.29 is 9.47 Å². The van der Waals surface area contributed by atoms with Gasteiger partial charge in [0.1, 0.15) is 12.7 Å². The summed E-state index contributed by atoms with van der Waals surface area (Å²) in [5.74, 6) is 1.69. The second-order valence-electron chi connectivity index (χ2n) is 5.18. The molecule has 0 aliphatic carbocycles. The Balaban J connectivity index is 1.57. The smallest absolute Gasteiger partial charge is 0.161 e. The predicted molar refractivity (Wildman–Crippen MR) is 79.1 cm³/mol. The molecule has 0 saturated carbocycles. The van der Waals surface area contributed by atoms with Crippen molar-refractivity contribution in [1.82, 2.24) is 4.90 Å². The summed E-state index contributed by atoms with van der Waals surface area (Å²) in [6.07, 6.45) is 0.0820. The van der Waals surface area contributed by atoms with Crippen LogP contribution in [0.1, 0.15) is 5.56 Å². The SMILES string of the molecule is CN(Cc1ccccc1)C[C@@H]1COc2ccccc2O1. The lowest BCUT2D eigenvalue weighted by atomic mass is 10.2. The van der Waals surface area contributed by atoms with Crippen molar-refractivity contribution in [2.45, 2.75) is 12.6 Å². The Morgan fingerprint density at radius 1 is 1.00 bits per heavy atom. The zero-order valence-electron chi connectivity index (χ0n) is 11.7. The summed E-state index contributed by atoms with van der Waals surface area (Å²) in [6, 6.07) is 18.3. The molecule has 0 radical (unpaired) electrons. The Morgan fingerprint density at radius 2 is 1.70 bits per heavy atom. The first-order chi connectivity index (χ1) is 9.81. The molecular formula is C17H19NO2. The van der Waals surface area contributed by atoms with Gasteiger partial charge in [0.25, 0.3) is 0 Å². The third-order valence-corrected chi connectivity index (χ3v) is 3.38. The Bertz CT molecular complexity index is 556. The molecule has 0 bridgehead atoms. The number of rotatable bonds is 4. The van der Waals surface area contributed by atoms with E-state index in [1.807, 2.05) is 30.3 Å². The normalized spacial score (nSPS) is 17.2. The maximum atomic E-state index is 5.97. The molecule has 0 amide bonds. The number of likely N-dealkylation sites (N-methyl/N-ethyl adjacent to an activating group) is 1. The minimum atomic E-state index is 0.0820. The van der Waals surface area contributed by atoms with Gasteiger partial charge in [-0.2, -0.15) is 0 Å². The summed E-state index contributed by atoms with van der Waals surface area (Å²) in [6.45, 7) is 2.38. The molecule has 0 aromatic heterocycles. The van der Waals surface area contributed by atoms with Gasteiger partial charge in [-0.1, -0.05) is 42.5 Å². The van der Waals surface area contributed by atoms with Crippen LogP contribution in [0.2, 0.25) is 0 Å². The molecule has 0 fully saturated rings. The predicted octanol–water partition coefficient (Wildman–Crippen LogP) is 2.96. The van der Waals surface area contributed by atoms with Crippen molar-refractivity contribution in [2.75, 3.05) is 20.2 Å². The fourth-order valence-corrected chi connectivity index (χ4v) is 2.46. The molecule has 2 aromatic rings. The number of hydrogen-bond acceptors (Lipinski definition) is 3. The Labute approximate surface area is 119 Å². The van der Waals surface area contributed by atoms with Crippen LogP contribution in [0.4, 0.5) is 0 Å². The fraction of sp³-hybridized carbons (Fsp3) is 0.294. The molecular weight excluding hydrogens is 250 g/mol. The van der Waals surface area contributed by atoms with E-state index in [1.165, 1.54) is 5.56 Å². The van der Waals surface area contributed by atoms with E-state index >= 15 is 0 Å². The molecule has 0 N–H and O–H groups in total. The summed E-state index contributed by atoms with van der Waals surface area (Å²) in [7, 11) is 2.11. The summed E-state index contributed by atoms with van der Waals surface area (Å²) >= 11 is 0. The first-order valence-corrected chi connectivity index (χ1v) is 6.92. The molecule has 1 heterocycles. The van der Waals surface area contributed by atoms with E-state index in [0.29, 0.717) is 6.61 Å². The van der Waals surface area contributed by atoms with Crippen molar-refractivity contribution in [3.8, 4) is 11.5 Å². The van der Waals surface area contributed by atoms with Gasteiger partial charge in [0.05, 0.1) is 0 Å². The second kappa shape index (κ2) is 5.97. The summed E-state index contributed by atoms with van der Waals surface area (Å²) in [5.41, 5.74) is 1.31. The Morgan fingerprint density at radius 3 is 2.50 bits per heavy atom. The Hall–Kier alpha value is -2.00. The van der Waals surface area contributed by atoms with Crippen LogP contribution in [0, 0.1) is 0 Å². The minimum Gasteiger partial charge on any atom is -0.486 e. The highest BCUT2D eigenvalue weighted by Gasteiger charge is 2.21. The maximum absolute atomic E-state index is 5.97. The van der Waals surface area contributed by atoms with Crippen LogP contribution in [0.15, 0.2) is 54.6 Å². The average Bonchev–Trinajstić information content (AvgIpc) is 2.48. The number of hydrogen-bond donors (Lipinski definition) is 0. The van der Waals surface area contributed by atoms with E-state index in [-0.39, 0.29) is 6.10 Å². The van der Waals surface area contributed by atoms with E-state index in [2.05, 4.69) is 36.2 Å². The standard InChI is InChI=1S/C17H19NO2/c1-18(11-14-7-3-2-4-8-14)12-15-13-19-16-9-5-6-10-17(16)20-15/h2-10,15H,11-13H2,1H3/t15-/m1/s1. The lowest BCUT2D eigenvalue weighted by Gasteiger charge is -2.29. The number of benzene rings is 2. The quantitative estimate of drug-likeness (QED) is 0.851. The van der Waals surface area contributed by atoms with Crippen LogP contribution in [-0.2, 0) is 6.54 Å².